The number of hydrogen-bond donors (Lipinski definition) is 3. The van der Waals surface area contributed by atoms with Crippen LogP contribution in [0.3, 0.4) is 0 Å². The number of nitrogens with one attached hydrogen (secondary N) is 2. The molecule has 0 saturated carbocycles. The number of nitrogens with two attached hydrogens (primary N) is 1. The average molecular weight is 334 g/mol. The van der Waals surface area contributed by atoms with Crippen molar-refractivity contribution in [3.8, 4) is 0 Å². The summed E-state index contributed by atoms with van der Waals surface area (Å²) >= 11 is 3.52. The van der Waals surface area contributed by atoms with E-state index in [4.69, 9.17) is 5.73 Å². The summed E-state index contributed by atoms with van der Waals surface area (Å²) in [6.07, 6.45) is 0. The van der Waals surface area contributed by atoms with Crippen LogP contribution < -0.4 is 16.4 Å². The second-order valence-electron chi connectivity index (χ2n) is 4.50. The molecule has 20 heavy (non-hydrogen) atoms. The van der Waals surface area contributed by atoms with Crippen molar-refractivity contribution >= 4 is 33.3 Å². The van der Waals surface area contributed by atoms with E-state index in [1.165, 1.54) is 11.1 Å². The molecule has 5 heteroatoms. The van der Waals surface area contributed by atoms with E-state index < -0.39 is 6.03 Å². The summed E-state index contributed by atoms with van der Waals surface area (Å²) in [5.41, 5.74) is 9.13. The van der Waals surface area contributed by atoms with E-state index in [9.17, 15) is 4.79 Å². The molecule has 0 bridgehead atoms. The Bertz CT molecular complexity index is 611. The third kappa shape index (κ3) is 3.99. The van der Waals surface area contributed by atoms with Gasteiger partial charge in [-0.25, -0.2) is 4.79 Å². The van der Waals surface area contributed by atoms with Crippen molar-refractivity contribution in [3.63, 3.8) is 0 Å². The van der Waals surface area contributed by atoms with E-state index in [-0.39, 0.29) is 0 Å². The first-order valence-corrected chi connectivity index (χ1v) is 6.99. The van der Waals surface area contributed by atoms with E-state index in [0.717, 1.165) is 16.7 Å². The summed E-state index contributed by atoms with van der Waals surface area (Å²) in [4.78, 5) is 10.7. The predicted molar refractivity (Wildman–Crippen MR) is 85.9 cm³/mol. The molecule has 0 atom stereocenters. The minimum absolute atomic E-state index is 0.560. The van der Waals surface area contributed by atoms with Crippen LogP contribution in [-0.4, -0.2) is 6.03 Å². The second kappa shape index (κ2) is 6.43. The van der Waals surface area contributed by atoms with Gasteiger partial charge in [0.1, 0.15) is 0 Å². The highest BCUT2D eigenvalue weighted by atomic mass is 79.9. The molecule has 104 valence electrons. The zero-order valence-electron chi connectivity index (χ0n) is 11.1. The van der Waals surface area contributed by atoms with Gasteiger partial charge in [0.25, 0.3) is 0 Å². The van der Waals surface area contributed by atoms with E-state index >= 15 is 0 Å². The van der Waals surface area contributed by atoms with Gasteiger partial charge in [0.2, 0.25) is 0 Å². The summed E-state index contributed by atoms with van der Waals surface area (Å²) in [6.45, 7) is 2.80. The molecular formula is C15H16BrN3O. The van der Waals surface area contributed by atoms with Gasteiger partial charge in [0.15, 0.2) is 0 Å². The molecule has 0 aliphatic carbocycles. The number of aryl methyl sites for hydroxylation is 1. The van der Waals surface area contributed by atoms with Crippen LogP contribution in [0.15, 0.2) is 46.9 Å². The average Bonchev–Trinajstić information content (AvgIpc) is 2.41. The zero-order valence-corrected chi connectivity index (χ0v) is 12.7. The van der Waals surface area contributed by atoms with Gasteiger partial charge in [-0.15, -0.1) is 0 Å². The molecule has 0 spiro atoms. The minimum Gasteiger partial charge on any atom is -0.381 e. The molecule has 2 aromatic carbocycles. The summed E-state index contributed by atoms with van der Waals surface area (Å²) in [5.74, 6) is 0. The molecule has 0 radical (unpaired) electrons. The van der Waals surface area contributed by atoms with E-state index in [1.54, 1.807) is 12.1 Å². The molecule has 2 rings (SSSR count). The van der Waals surface area contributed by atoms with E-state index in [1.807, 2.05) is 12.1 Å². The number of halogens is 1. The molecule has 0 saturated heterocycles. The standard InChI is InChI=1S/C15H16BrN3O/c1-10-2-3-11(8-14(10)16)9-18-12-4-6-13(7-5-12)19-15(17)20/h2-8,18H,9H2,1H3,(H3,17,19,20). The summed E-state index contributed by atoms with van der Waals surface area (Å²) in [5, 5.41) is 5.85. The molecule has 2 aromatic rings. The normalized spacial score (nSPS) is 10.1. The van der Waals surface area contributed by atoms with Crippen LogP contribution in [0.4, 0.5) is 16.2 Å². The van der Waals surface area contributed by atoms with Crippen LogP contribution in [0.1, 0.15) is 11.1 Å². The topological polar surface area (TPSA) is 67.2 Å². The highest BCUT2D eigenvalue weighted by Crippen LogP contribution is 2.19. The maximum Gasteiger partial charge on any atom is 0.316 e. The zero-order chi connectivity index (χ0) is 14.5. The first-order chi connectivity index (χ1) is 9.54. The monoisotopic (exact) mass is 333 g/mol. The minimum atomic E-state index is -0.560. The fourth-order valence-corrected chi connectivity index (χ4v) is 2.19. The van der Waals surface area contributed by atoms with Gasteiger partial charge in [0, 0.05) is 22.4 Å². The summed E-state index contributed by atoms with van der Waals surface area (Å²) in [7, 11) is 0. The molecule has 2 amide bonds. The highest BCUT2D eigenvalue weighted by Gasteiger charge is 1.99. The molecule has 0 heterocycles. The first kappa shape index (κ1) is 14.4. The van der Waals surface area contributed by atoms with Gasteiger partial charge in [0.05, 0.1) is 0 Å². The number of primary amides is 1. The predicted octanol–water partition coefficient (Wildman–Crippen LogP) is 3.86. The Morgan fingerprint density at radius 1 is 1.15 bits per heavy atom. The Morgan fingerprint density at radius 3 is 2.40 bits per heavy atom. The SMILES string of the molecule is Cc1ccc(CNc2ccc(NC(N)=O)cc2)cc1Br. The van der Waals surface area contributed by atoms with Crippen LogP contribution >= 0.6 is 15.9 Å². The van der Waals surface area contributed by atoms with Gasteiger partial charge in [-0.1, -0.05) is 28.1 Å². The van der Waals surface area contributed by atoms with Crippen molar-refractivity contribution in [3.05, 3.63) is 58.1 Å². The Balaban J connectivity index is 1.96. The number of anilines is 2. The van der Waals surface area contributed by atoms with Crippen LogP contribution in [0.5, 0.6) is 0 Å². The molecule has 4 N–H and O–H groups in total. The van der Waals surface area contributed by atoms with E-state index in [2.05, 4.69) is 51.7 Å². The maximum atomic E-state index is 10.7. The van der Waals surface area contributed by atoms with Crippen molar-refractivity contribution < 1.29 is 4.79 Å². The van der Waals surface area contributed by atoms with Gasteiger partial charge >= 0.3 is 6.03 Å². The van der Waals surface area contributed by atoms with E-state index in [0.29, 0.717) is 5.69 Å². The number of amides is 2. The lowest BCUT2D eigenvalue weighted by atomic mass is 10.1. The van der Waals surface area contributed by atoms with Crippen molar-refractivity contribution in [2.45, 2.75) is 13.5 Å². The van der Waals surface area contributed by atoms with Gasteiger partial charge in [-0.3, -0.25) is 0 Å². The number of hydrogen-bond acceptors (Lipinski definition) is 2. The number of rotatable bonds is 4. The quantitative estimate of drug-likeness (QED) is 0.795. The van der Waals surface area contributed by atoms with Gasteiger partial charge in [-0.2, -0.15) is 0 Å². The number of carbonyl (C=O) groups excluding carboxylic acids is 1. The lowest BCUT2D eigenvalue weighted by Gasteiger charge is -2.09. The lowest BCUT2D eigenvalue weighted by Crippen LogP contribution is -2.19. The second-order valence-corrected chi connectivity index (χ2v) is 5.36. The highest BCUT2D eigenvalue weighted by molar-refractivity contribution is 9.10. The molecule has 0 unspecified atom stereocenters. The molecule has 0 fully saturated rings. The Morgan fingerprint density at radius 2 is 1.80 bits per heavy atom. The third-order valence-electron chi connectivity index (χ3n) is 2.89. The van der Waals surface area contributed by atoms with Crippen LogP contribution in [0.25, 0.3) is 0 Å². The van der Waals surface area contributed by atoms with Gasteiger partial charge in [-0.05, 0) is 48.4 Å². The molecule has 0 aromatic heterocycles. The number of benzene rings is 2. The van der Waals surface area contributed by atoms with Crippen molar-refractivity contribution in [1.29, 1.82) is 0 Å². The lowest BCUT2D eigenvalue weighted by molar-refractivity contribution is 0.259. The third-order valence-corrected chi connectivity index (χ3v) is 3.74. The van der Waals surface area contributed by atoms with Gasteiger partial charge < -0.3 is 16.4 Å². The smallest absolute Gasteiger partial charge is 0.316 e. The summed E-state index contributed by atoms with van der Waals surface area (Å²) in [6, 6.07) is 13.1. The van der Waals surface area contributed by atoms with Crippen molar-refractivity contribution in [2.75, 3.05) is 10.6 Å². The first-order valence-electron chi connectivity index (χ1n) is 6.20. The number of carbonyl (C=O) groups is 1. The summed E-state index contributed by atoms with van der Waals surface area (Å²) < 4.78 is 1.11. The fourth-order valence-electron chi connectivity index (χ4n) is 1.76. The molecule has 0 aliphatic heterocycles. The van der Waals surface area contributed by atoms with Crippen LogP contribution in [0, 0.1) is 6.92 Å². The molecule has 4 nitrogen and oxygen atoms in total. The molecular weight excluding hydrogens is 318 g/mol. The van der Waals surface area contributed by atoms with Crippen molar-refractivity contribution in [1.82, 2.24) is 0 Å². The Labute approximate surface area is 126 Å². The Kier molecular flexibility index (Phi) is 4.63. The number of urea groups is 1. The van der Waals surface area contributed by atoms with Crippen LogP contribution in [0.2, 0.25) is 0 Å². The largest absolute Gasteiger partial charge is 0.381 e. The maximum absolute atomic E-state index is 10.7. The van der Waals surface area contributed by atoms with Crippen molar-refractivity contribution in [2.24, 2.45) is 5.73 Å². The molecule has 0 aliphatic rings. The van der Waals surface area contributed by atoms with Crippen LogP contribution in [-0.2, 0) is 6.54 Å². The Hall–Kier alpha value is -2.01. The fraction of sp³-hybridized carbons (Fsp3) is 0.133.